The molecular formula is C8H9ClFNO3. The summed E-state index contributed by atoms with van der Waals surface area (Å²) in [5.41, 5.74) is 1.59. The van der Waals surface area contributed by atoms with Crippen molar-refractivity contribution >= 4 is 11.6 Å². The van der Waals surface area contributed by atoms with Crippen molar-refractivity contribution < 1.29 is 19.4 Å². The third kappa shape index (κ3) is 1.89. The van der Waals surface area contributed by atoms with Crippen molar-refractivity contribution in [2.75, 3.05) is 7.11 Å². The standard InChI is InChI=1S/C8H9ClFNO3/c1-14-6-2-5(9)8(12)4(3-11-13)7(6)10/h2,11-13H,3H2,1H3. The van der Waals surface area contributed by atoms with Gasteiger partial charge in [-0.2, -0.15) is 0 Å². The third-order valence-corrected chi connectivity index (χ3v) is 2.02. The maximum atomic E-state index is 13.4. The zero-order valence-electron chi connectivity index (χ0n) is 7.34. The van der Waals surface area contributed by atoms with E-state index in [1.807, 2.05) is 0 Å². The first-order chi connectivity index (χ1) is 6.61. The lowest BCUT2D eigenvalue weighted by Crippen LogP contribution is -2.09. The minimum Gasteiger partial charge on any atom is -0.506 e. The Bertz CT molecular complexity index is 346. The molecule has 0 atom stereocenters. The molecule has 0 radical (unpaired) electrons. The van der Waals surface area contributed by atoms with E-state index in [1.165, 1.54) is 7.11 Å². The minimum atomic E-state index is -0.754. The maximum Gasteiger partial charge on any atom is 0.173 e. The van der Waals surface area contributed by atoms with Gasteiger partial charge in [0.1, 0.15) is 5.75 Å². The fourth-order valence-electron chi connectivity index (χ4n) is 1.03. The zero-order chi connectivity index (χ0) is 10.7. The predicted molar refractivity (Wildman–Crippen MR) is 48.3 cm³/mol. The van der Waals surface area contributed by atoms with E-state index in [2.05, 4.69) is 4.74 Å². The van der Waals surface area contributed by atoms with Crippen LogP contribution in [0.5, 0.6) is 11.5 Å². The summed E-state index contributed by atoms with van der Waals surface area (Å²) in [5.74, 6) is -1.25. The quantitative estimate of drug-likeness (QED) is 0.680. The number of nitrogens with one attached hydrogen (secondary N) is 1. The summed E-state index contributed by atoms with van der Waals surface area (Å²) in [5, 5.41) is 17.7. The summed E-state index contributed by atoms with van der Waals surface area (Å²) in [7, 11) is 1.28. The van der Waals surface area contributed by atoms with Crippen LogP contribution in [-0.2, 0) is 6.54 Å². The van der Waals surface area contributed by atoms with Crippen molar-refractivity contribution in [3.05, 3.63) is 22.5 Å². The average Bonchev–Trinajstić information content (AvgIpc) is 2.18. The fraction of sp³-hybridized carbons (Fsp3) is 0.250. The molecule has 6 heteroatoms. The van der Waals surface area contributed by atoms with Gasteiger partial charge in [-0.15, -0.1) is 0 Å². The van der Waals surface area contributed by atoms with E-state index in [4.69, 9.17) is 16.8 Å². The van der Waals surface area contributed by atoms with E-state index in [9.17, 15) is 9.50 Å². The van der Waals surface area contributed by atoms with Crippen LogP contribution in [0.2, 0.25) is 5.02 Å². The molecule has 0 saturated heterocycles. The van der Waals surface area contributed by atoms with Crippen molar-refractivity contribution in [2.24, 2.45) is 0 Å². The molecule has 1 aromatic carbocycles. The highest BCUT2D eigenvalue weighted by Crippen LogP contribution is 2.35. The molecule has 0 aliphatic carbocycles. The van der Waals surface area contributed by atoms with Crippen LogP contribution in [0.1, 0.15) is 5.56 Å². The van der Waals surface area contributed by atoms with E-state index in [0.29, 0.717) is 0 Å². The van der Waals surface area contributed by atoms with Crippen LogP contribution >= 0.6 is 11.6 Å². The van der Waals surface area contributed by atoms with Crippen molar-refractivity contribution in [2.45, 2.75) is 6.54 Å². The topological polar surface area (TPSA) is 61.7 Å². The smallest absolute Gasteiger partial charge is 0.173 e. The Morgan fingerprint density at radius 1 is 1.64 bits per heavy atom. The number of methoxy groups -OCH3 is 1. The van der Waals surface area contributed by atoms with Gasteiger partial charge in [0, 0.05) is 6.07 Å². The van der Waals surface area contributed by atoms with Gasteiger partial charge in [-0.3, -0.25) is 0 Å². The number of ether oxygens (including phenoxy) is 1. The van der Waals surface area contributed by atoms with Gasteiger partial charge in [0.05, 0.1) is 24.2 Å². The number of hydrogen-bond donors (Lipinski definition) is 3. The first-order valence-electron chi connectivity index (χ1n) is 3.72. The Labute approximate surface area is 84.8 Å². The second-order valence-electron chi connectivity index (χ2n) is 2.54. The normalized spacial score (nSPS) is 10.3. The molecule has 4 nitrogen and oxygen atoms in total. The van der Waals surface area contributed by atoms with Gasteiger partial charge in [-0.05, 0) is 0 Å². The number of halogens is 2. The highest BCUT2D eigenvalue weighted by Gasteiger charge is 2.16. The molecule has 0 aliphatic rings. The number of aromatic hydroxyl groups is 1. The fourth-order valence-corrected chi connectivity index (χ4v) is 1.25. The van der Waals surface area contributed by atoms with E-state index in [0.717, 1.165) is 6.07 Å². The highest BCUT2D eigenvalue weighted by molar-refractivity contribution is 6.32. The van der Waals surface area contributed by atoms with Crippen LogP contribution in [-0.4, -0.2) is 17.4 Å². The average molecular weight is 222 g/mol. The van der Waals surface area contributed by atoms with Crippen LogP contribution < -0.4 is 10.2 Å². The molecule has 3 N–H and O–H groups in total. The van der Waals surface area contributed by atoms with Crippen molar-refractivity contribution in [1.29, 1.82) is 0 Å². The van der Waals surface area contributed by atoms with Gasteiger partial charge in [0.15, 0.2) is 11.6 Å². The second-order valence-corrected chi connectivity index (χ2v) is 2.94. The largest absolute Gasteiger partial charge is 0.506 e. The minimum absolute atomic E-state index is 0.0338. The molecule has 1 rings (SSSR count). The van der Waals surface area contributed by atoms with Crippen LogP contribution in [0.3, 0.4) is 0 Å². The first kappa shape index (κ1) is 11.0. The van der Waals surface area contributed by atoms with Crippen molar-refractivity contribution in [3.63, 3.8) is 0 Å². The van der Waals surface area contributed by atoms with Gasteiger partial charge < -0.3 is 15.1 Å². The molecule has 14 heavy (non-hydrogen) atoms. The van der Waals surface area contributed by atoms with Gasteiger partial charge in [-0.25, -0.2) is 9.87 Å². The molecule has 0 aromatic heterocycles. The SMILES string of the molecule is COc1cc(Cl)c(O)c(CNO)c1F. The maximum absolute atomic E-state index is 13.4. The lowest BCUT2D eigenvalue weighted by molar-refractivity contribution is 0.158. The molecule has 0 amide bonds. The van der Waals surface area contributed by atoms with E-state index in [1.54, 1.807) is 5.48 Å². The second kappa shape index (κ2) is 4.45. The summed E-state index contributed by atoms with van der Waals surface area (Å²) in [6.07, 6.45) is 0. The lowest BCUT2D eigenvalue weighted by Gasteiger charge is -2.10. The van der Waals surface area contributed by atoms with Gasteiger partial charge >= 0.3 is 0 Å². The zero-order valence-corrected chi connectivity index (χ0v) is 8.10. The summed E-state index contributed by atoms with van der Waals surface area (Å²) < 4.78 is 18.1. The summed E-state index contributed by atoms with van der Waals surface area (Å²) in [4.78, 5) is 0. The summed E-state index contributed by atoms with van der Waals surface area (Å²) in [6, 6.07) is 1.16. The molecule has 0 heterocycles. The number of hydroxylamine groups is 1. The van der Waals surface area contributed by atoms with Gasteiger partial charge in [-0.1, -0.05) is 11.6 Å². The van der Waals surface area contributed by atoms with Crippen LogP contribution in [0.25, 0.3) is 0 Å². The molecule has 0 spiro atoms. The van der Waals surface area contributed by atoms with Crippen molar-refractivity contribution in [3.8, 4) is 11.5 Å². The van der Waals surface area contributed by atoms with E-state index in [-0.39, 0.29) is 22.9 Å². The van der Waals surface area contributed by atoms with Gasteiger partial charge in [0.25, 0.3) is 0 Å². The Hall–Kier alpha value is -1.04. The monoisotopic (exact) mass is 221 g/mol. The molecule has 1 aromatic rings. The number of phenols is 1. The Balaban J connectivity index is 3.29. The molecule has 0 bridgehead atoms. The van der Waals surface area contributed by atoms with Crippen LogP contribution in [0, 0.1) is 5.82 Å². The number of benzene rings is 1. The first-order valence-corrected chi connectivity index (χ1v) is 4.10. The lowest BCUT2D eigenvalue weighted by atomic mass is 10.1. The molecule has 0 fully saturated rings. The number of phenolic OH excluding ortho intramolecular Hbond substituents is 1. The summed E-state index contributed by atoms with van der Waals surface area (Å²) in [6.45, 7) is -0.255. The Morgan fingerprint density at radius 2 is 2.29 bits per heavy atom. The molecule has 0 unspecified atom stereocenters. The Kier molecular flexibility index (Phi) is 3.51. The van der Waals surface area contributed by atoms with Crippen molar-refractivity contribution in [1.82, 2.24) is 5.48 Å². The van der Waals surface area contributed by atoms with E-state index >= 15 is 0 Å². The molecule has 0 saturated carbocycles. The van der Waals surface area contributed by atoms with E-state index < -0.39 is 11.6 Å². The molecular weight excluding hydrogens is 213 g/mol. The molecule has 78 valence electrons. The van der Waals surface area contributed by atoms with Gasteiger partial charge in [0.2, 0.25) is 0 Å². The predicted octanol–water partition coefficient (Wildman–Crippen LogP) is 1.67. The number of rotatable bonds is 3. The number of hydrogen-bond acceptors (Lipinski definition) is 4. The Morgan fingerprint density at radius 3 is 2.79 bits per heavy atom. The van der Waals surface area contributed by atoms with Crippen LogP contribution in [0.4, 0.5) is 4.39 Å². The molecule has 0 aliphatic heterocycles. The van der Waals surface area contributed by atoms with Crippen LogP contribution in [0.15, 0.2) is 6.07 Å². The summed E-state index contributed by atoms with van der Waals surface area (Å²) >= 11 is 5.60. The third-order valence-electron chi connectivity index (χ3n) is 1.73. The highest BCUT2D eigenvalue weighted by atomic mass is 35.5.